The fraction of sp³-hybridized carbons (Fsp3) is 0. The van der Waals surface area contributed by atoms with Gasteiger partial charge in [-0.25, -0.2) is 4.39 Å². The van der Waals surface area contributed by atoms with E-state index < -0.39 is 5.82 Å². The lowest BCUT2D eigenvalue weighted by Gasteiger charge is -2.10. The van der Waals surface area contributed by atoms with Crippen LogP contribution in [0.5, 0.6) is 11.5 Å². The highest BCUT2D eigenvalue weighted by Crippen LogP contribution is 2.35. The fourth-order valence-electron chi connectivity index (χ4n) is 1.37. The van der Waals surface area contributed by atoms with E-state index in [-0.39, 0.29) is 16.5 Å². The van der Waals surface area contributed by atoms with Crippen LogP contribution in [-0.2, 0) is 0 Å². The quantitative estimate of drug-likeness (QED) is 0.657. The van der Waals surface area contributed by atoms with E-state index >= 15 is 0 Å². The van der Waals surface area contributed by atoms with Crippen LogP contribution in [0.4, 0.5) is 4.39 Å². The fourth-order valence-corrected chi connectivity index (χ4v) is 2.26. The lowest BCUT2D eigenvalue weighted by atomic mass is 10.2. The van der Waals surface area contributed by atoms with E-state index in [1.165, 1.54) is 18.2 Å². The summed E-state index contributed by atoms with van der Waals surface area (Å²) >= 11 is 14.7. The van der Waals surface area contributed by atoms with Gasteiger partial charge in [0, 0.05) is 17.2 Å². The van der Waals surface area contributed by atoms with Gasteiger partial charge in [0.05, 0.1) is 15.1 Å². The molecule has 0 unspecified atom stereocenters. The van der Waals surface area contributed by atoms with Crippen molar-refractivity contribution in [2.24, 2.45) is 0 Å². The van der Waals surface area contributed by atoms with Gasteiger partial charge in [-0.1, -0.05) is 23.2 Å². The van der Waals surface area contributed by atoms with E-state index in [0.29, 0.717) is 15.1 Å². The molecule has 6 heteroatoms. The molecule has 2 aromatic rings. The van der Waals surface area contributed by atoms with Gasteiger partial charge in [0.2, 0.25) is 0 Å². The largest absolute Gasteiger partial charge is 0.455 e. The summed E-state index contributed by atoms with van der Waals surface area (Å²) in [5, 5.41) is 9.37. The zero-order chi connectivity index (χ0) is 14.0. The van der Waals surface area contributed by atoms with Crippen LogP contribution >= 0.6 is 39.1 Å². The van der Waals surface area contributed by atoms with Crippen molar-refractivity contribution in [3.8, 4) is 17.6 Å². The third-order valence-corrected chi connectivity index (χ3v) is 3.40. The standard InChI is InChI=1S/C13H5BrCl2FNO/c14-9-4-10(16)11(17)5-13(9)19-12-3-8(15)2-1-7(12)6-18/h1-5H. The molecule has 0 atom stereocenters. The maximum atomic E-state index is 13.4. The molecular formula is C13H5BrCl2FNO. The molecule has 2 nitrogen and oxygen atoms in total. The Morgan fingerprint density at radius 3 is 2.58 bits per heavy atom. The highest BCUT2D eigenvalue weighted by atomic mass is 79.9. The van der Waals surface area contributed by atoms with Crippen LogP contribution in [0.25, 0.3) is 0 Å². The van der Waals surface area contributed by atoms with Crippen molar-refractivity contribution >= 4 is 39.1 Å². The minimum Gasteiger partial charge on any atom is -0.455 e. The molecule has 0 fully saturated rings. The number of nitriles is 1. The third kappa shape index (κ3) is 3.19. The summed E-state index contributed by atoms with van der Waals surface area (Å²) < 4.78 is 19.4. The van der Waals surface area contributed by atoms with Crippen molar-refractivity contribution in [3.63, 3.8) is 0 Å². The van der Waals surface area contributed by atoms with Gasteiger partial charge < -0.3 is 4.74 Å². The summed E-state index contributed by atoms with van der Waals surface area (Å²) in [5.74, 6) is -0.154. The van der Waals surface area contributed by atoms with Crippen LogP contribution in [0.2, 0.25) is 10.0 Å². The monoisotopic (exact) mass is 359 g/mol. The van der Waals surface area contributed by atoms with Gasteiger partial charge in [0.25, 0.3) is 0 Å². The van der Waals surface area contributed by atoms with Gasteiger partial charge in [-0.2, -0.15) is 5.26 Å². The Hall–Kier alpha value is -1.28. The lowest BCUT2D eigenvalue weighted by molar-refractivity contribution is 0.472. The number of nitrogens with zero attached hydrogens (tertiary/aromatic N) is 1. The second-order valence-electron chi connectivity index (χ2n) is 3.55. The summed E-state index contributed by atoms with van der Waals surface area (Å²) in [6, 6.07) is 9.07. The average Bonchev–Trinajstić information content (AvgIpc) is 2.36. The van der Waals surface area contributed by atoms with Crippen LogP contribution < -0.4 is 4.74 Å². The van der Waals surface area contributed by atoms with Crippen LogP contribution in [0.3, 0.4) is 0 Å². The van der Waals surface area contributed by atoms with Crippen molar-refractivity contribution in [2.75, 3.05) is 0 Å². The van der Waals surface area contributed by atoms with Crippen molar-refractivity contribution in [3.05, 3.63) is 56.2 Å². The van der Waals surface area contributed by atoms with Gasteiger partial charge in [-0.3, -0.25) is 0 Å². The molecule has 2 rings (SSSR count). The molecule has 0 heterocycles. The second kappa shape index (κ2) is 5.79. The van der Waals surface area contributed by atoms with Gasteiger partial charge in [0.15, 0.2) is 0 Å². The van der Waals surface area contributed by atoms with Crippen molar-refractivity contribution in [1.29, 1.82) is 5.26 Å². The van der Waals surface area contributed by atoms with Crippen molar-refractivity contribution in [2.45, 2.75) is 0 Å². The predicted octanol–water partition coefficient (Wildman–Crippen LogP) is 5.56. The van der Waals surface area contributed by atoms with Gasteiger partial charge in [0.1, 0.15) is 23.4 Å². The topological polar surface area (TPSA) is 33.0 Å². The summed E-state index contributed by atoms with van der Waals surface area (Å²) in [4.78, 5) is 0. The molecule has 0 spiro atoms. The summed E-state index contributed by atoms with van der Waals surface area (Å²) in [6.45, 7) is 0. The molecule has 0 aliphatic heterocycles. The molecule has 0 N–H and O–H groups in total. The van der Waals surface area contributed by atoms with Gasteiger partial charge >= 0.3 is 0 Å². The van der Waals surface area contributed by atoms with E-state index in [1.54, 1.807) is 6.07 Å². The molecule has 0 saturated carbocycles. The Balaban J connectivity index is 2.45. The number of ether oxygens (including phenoxy) is 1. The maximum absolute atomic E-state index is 13.4. The lowest BCUT2D eigenvalue weighted by Crippen LogP contribution is -1.91. The van der Waals surface area contributed by atoms with E-state index in [4.69, 9.17) is 33.2 Å². The first kappa shape index (κ1) is 14.1. The smallest absolute Gasteiger partial charge is 0.146 e. The first-order chi connectivity index (χ1) is 9.01. The predicted molar refractivity (Wildman–Crippen MR) is 75.4 cm³/mol. The minimum atomic E-state index is -0.611. The van der Waals surface area contributed by atoms with Crippen LogP contribution in [0.15, 0.2) is 34.8 Å². The Kier molecular flexibility index (Phi) is 4.31. The van der Waals surface area contributed by atoms with Crippen molar-refractivity contribution in [1.82, 2.24) is 0 Å². The zero-order valence-electron chi connectivity index (χ0n) is 9.25. The van der Waals surface area contributed by atoms with Crippen LogP contribution in [0.1, 0.15) is 5.56 Å². The Morgan fingerprint density at radius 1 is 1.16 bits per heavy atom. The molecular weight excluding hydrogens is 356 g/mol. The van der Waals surface area contributed by atoms with Gasteiger partial charge in [-0.15, -0.1) is 0 Å². The van der Waals surface area contributed by atoms with Crippen LogP contribution in [-0.4, -0.2) is 0 Å². The molecule has 0 bridgehead atoms. The first-order valence-electron chi connectivity index (χ1n) is 5.03. The molecule has 0 saturated heterocycles. The van der Waals surface area contributed by atoms with Crippen molar-refractivity contribution < 1.29 is 9.13 Å². The Bertz CT molecular complexity index is 685. The average molecular weight is 361 g/mol. The second-order valence-corrected chi connectivity index (χ2v) is 5.25. The molecule has 96 valence electrons. The molecule has 2 aromatic carbocycles. The number of halogens is 4. The molecule has 19 heavy (non-hydrogen) atoms. The number of benzene rings is 2. The number of hydrogen-bond donors (Lipinski definition) is 0. The van der Waals surface area contributed by atoms with E-state index in [1.807, 2.05) is 6.07 Å². The normalized spacial score (nSPS) is 10.1. The highest BCUT2D eigenvalue weighted by molar-refractivity contribution is 9.10. The van der Waals surface area contributed by atoms with E-state index in [0.717, 1.165) is 6.07 Å². The minimum absolute atomic E-state index is 0.0224. The maximum Gasteiger partial charge on any atom is 0.146 e. The molecule has 0 aliphatic carbocycles. The van der Waals surface area contributed by atoms with Crippen LogP contribution in [0, 0.1) is 17.1 Å². The Morgan fingerprint density at radius 2 is 1.89 bits per heavy atom. The summed E-state index contributed by atoms with van der Waals surface area (Å²) in [7, 11) is 0. The number of hydrogen-bond acceptors (Lipinski definition) is 2. The highest BCUT2D eigenvalue weighted by Gasteiger charge is 2.11. The zero-order valence-corrected chi connectivity index (χ0v) is 12.4. The number of rotatable bonds is 2. The molecule has 0 amide bonds. The third-order valence-electron chi connectivity index (χ3n) is 2.26. The summed E-state index contributed by atoms with van der Waals surface area (Å²) in [5.41, 5.74) is 0.298. The molecule has 0 aliphatic rings. The molecule has 0 radical (unpaired) electrons. The summed E-state index contributed by atoms with van der Waals surface area (Å²) in [6.07, 6.45) is 0. The van der Waals surface area contributed by atoms with E-state index in [2.05, 4.69) is 15.9 Å². The van der Waals surface area contributed by atoms with Gasteiger partial charge in [-0.05, 0) is 34.1 Å². The first-order valence-corrected chi connectivity index (χ1v) is 6.58. The SMILES string of the molecule is N#Cc1ccc(Cl)cc1Oc1cc(F)c(Cl)cc1Br. The molecule has 0 aromatic heterocycles. The van der Waals surface area contributed by atoms with E-state index in [9.17, 15) is 4.39 Å². The Labute approximate surface area is 127 Å².